The minimum Gasteiger partial charge on any atom is -0.143 e. The average molecular weight is 415 g/mol. The Balaban J connectivity index is 2.01. The summed E-state index contributed by atoms with van der Waals surface area (Å²) in [6, 6.07) is 8.96. The van der Waals surface area contributed by atoms with E-state index in [9.17, 15) is 0 Å². The molecule has 2 atom stereocenters. The standard InChI is InChI=1S/C22H24P2S2/c1-13-15(3)21(23(5)19(13)17-9-7-11-25-17)22-16(4)14(2)20(24(22)6)18-10-8-12-26-18/h7-12H,1-6H3. The maximum absolute atomic E-state index is 2.47. The first-order valence-electron chi connectivity index (χ1n) is 8.83. The molecule has 0 saturated heterocycles. The van der Waals surface area contributed by atoms with Crippen molar-refractivity contribution in [2.75, 3.05) is 0 Å². The van der Waals surface area contributed by atoms with E-state index in [-0.39, 0.29) is 15.1 Å². The molecule has 0 aliphatic heterocycles. The van der Waals surface area contributed by atoms with Crippen LogP contribution in [0.3, 0.4) is 0 Å². The normalized spacial score (nSPS) is 12.8. The monoisotopic (exact) mass is 414 g/mol. The predicted octanol–water partition coefficient (Wildman–Crippen LogP) is 9.09. The molecule has 0 aliphatic carbocycles. The van der Waals surface area contributed by atoms with Gasteiger partial charge in [0.25, 0.3) is 0 Å². The van der Waals surface area contributed by atoms with Crippen LogP contribution in [-0.4, -0.2) is 0 Å². The van der Waals surface area contributed by atoms with Crippen molar-refractivity contribution < 1.29 is 0 Å². The molecule has 4 aromatic rings. The van der Waals surface area contributed by atoms with E-state index < -0.39 is 0 Å². The quantitative estimate of drug-likeness (QED) is 0.313. The molecule has 0 amide bonds. The Morgan fingerprint density at radius 3 is 1.23 bits per heavy atom. The highest BCUT2D eigenvalue weighted by molar-refractivity contribution is 7.60. The topological polar surface area (TPSA) is 0 Å². The highest BCUT2D eigenvalue weighted by Gasteiger charge is 2.25. The van der Waals surface area contributed by atoms with Crippen molar-refractivity contribution in [3.05, 3.63) is 57.3 Å². The fraction of sp³-hybridized carbons (Fsp3) is 0.273. The van der Waals surface area contributed by atoms with Gasteiger partial charge in [-0.2, -0.15) is 0 Å². The summed E-state index contributed by atoms with van der Waals surface area (Å²) < 4.78 is 0. The molecule has 2 unspecified atom stereocenters. The van der Waals surface area contributed by atoms with Crippen molar-refractivity contribution in [3.8, 4) is 30.9 Å². The fourth-order valence-electron chi connectivity index (χ4n) is 4.14. The van der Waals surface area contributed by atoms with E-state index in [1.165, 1.54) is 32.0 Å². The van der Waals surface area contributed by atoms with Crippen LogP contribution in [0, 0.1) is 27.7 Å². The first-order chi connectivity index (χ1) is 12.4. The van der Waals surface area contributed by atoms with E-state index >= 15 is 0 Å². The van der Waals surface area contributed by atoms with Gasteiger partial charge in [-0.3, -0.25) is 0 Å². The number of thiophene rings is 2. The summed E-state index contributed by atoms with van der Waals surface area (Å²) in [7, 11) is -0.552. The fourth-order valence-corrected chi connectivity index (χ4v) is 12.5. The maximum Gasteiger partial charge on any atom is 0.0385 e. The van der Waals surface area contributed by atoms with Crippen LogP contribution in [0.4, 0.5) is 0 Å². The van der Waals surface area contributed by atoms with E-state index in [1.807, 2.05) is 22.7 Å². The molecule has 4 heterocycles. The Hall–Kier alpha value is -1.04. The van der Waals surface area contributed by atoms with Gasteiger partial charge in [-0.1, -0.05) is 12.1 Å². The molecule has 0 spiro atoms. The van der Waals surface area contributed by atoms with E-state index in [0.29, 0.717) is 0 Å². The summed E-state index contributed by atoms with van der Waals surface area (Å²) in [5, 5.41) is 11.0. The van der Waals surface area contributed by atoms with E-state index in [4.69, 9.17) is 0 Å². The number of hydrogen-bond donors (Lipinski definition) is 0. The maximum atomic E-state index is 2.47. The van der Waals surface area contributed by atoms with Gasteiger partial charge in [0.1, 0.15) is 0 Å². The summed E-state index contributed by atoms with van der Waals surface area (Å²) in [6.07, 6.45) is 0. The molecule has 4 rings (SSSR count). The van der Waals surface area contributed by atoms with Crippen molar-refractivity contribution in [2.24, 2.45) is 13.3 Å². The van der Waals surface area contributed by atoms with Gasteiger partial charge in [0.15, 0.2) is 0 Å². The Morgan fingerprint density at radius 2 is 0.923 bits per heavy atom. The minimum absolute atomic E-state index is 0.276. The molecule has 0 fully saturated rings. The summed E-state index contributed by atoms with van der Waals surface area (Å²) in [6.45, 7) is 14.3. The lowest BCUT2D eigenvalue weighted by Crippen LogP contribution is -1.80. The summed E-state index contributed by atoms with van der Waals surface area (Å²) in [5.74, 6) is 0. The van der Waals surface area contributed by atoms with Crippen molar-refractivity contribution in [3.63, 3.8) is 0 Å². The van der Waals surface area contributed by atoms with Gasteiger partial charge in [-0.05, 0) is 86.2 Å². The van der Waals surface area contributed by atoms with E-state index in [1.54, 1.807) is 21.2 Å². The van der Waals surface area contributed by atoms with Crippen molar-refractivity contribution >= 4 is 37.7 Å². The second-order valence-corrected chi connectivity index (χ2v) is 12.9. The van der Waals surface area contributed by atoms with Crippen LogP contribution in [-0.2, 0) is 13.3 Å². The molecule has 26 heavy (non-hydrogen) atoms. The highest BCUT2D eigenvalue weighted by atomic mass is 32.1. The molecule has 0 aliphatic rings. The van der Waals surface area contributed by atoms with E-state index in [2.05, 4.69) is 76.1 Å². The molecular formula is C22H24P2S2. The van der Waals surface area contributed by atoms with Gasteiger partial charge < -0.3 is 0 Å². The number of rotatable bonds is 3. The van der Waals surface area contributed by atoms with Crippen LogP contribution in [0.15, 0.2) is 35.0 Å². The Bertz CT molecular complexity index is 986. The molecular weight excluding hydrogens is 390 g/mol. The van der Waals surface area contributed by atoms with Gasteiger partial charge in [-0.15, -0.1) is 37.7 Å². The molecule has 0 radical (unpaired) electrons. The second kappa shape index (κ2) is 6.84. The zero-order valence-electron chi connectivity index (χ0n) is 16.2. The lowest BCUT2D eigenvalue weighted by molar-refractivity contribution is 1.38. The molecule has 0 N–H and O–H groups in total. The first-order valence-corrected chi connectivity index (χ1v) is 14.2. The van der Waals surface area contributed by atoms with Crippen LogP contribution in [0.5, 0.6) is 0 Å². The number of hydrogen-bond acceptors (Lipinski definition) is 2. The Kier molecular flexibility index (Phi) is 4.82. The van der Waals surface area contributed by atoms with Gasteiger partial charge >= 0.3 is 0 Å². The van der Waals surface area contributed by atoms with Crippen LogP contribution in [0.2, 0.25) is 0 Å². The van der Waals surface area contributed by atoms with Crippen LogP contribution in [0.25, 0.3) is 30.9 Å². The molecule has 0 nitrogen and oxygen atoms in total. The molecule has 4 heteroatoms. The van der Waals surface area contributed by atoms with Gasteiger partial charge in [0.05, 0.1) is 0 Å². The first kappa shape index (κ1) is 18.3. The molecule has 134 valence electrons. The molecule has 0 aromatic carbocycles. The largest absolute Gasteiger partial charge is 0.143 e. The Morgan fingerprint density at radius 1 is 0.577 bits per heavy atom. The second-order valence-electron chi connectivity index (χ2n) is 6.97. The van der Waals surface area contributed by atoms with Crippen molar-refractivity contribution in [2.45, 2.75) is 27.7 Å². The average Bonchev–Trinajstić information content (AvgIpc) is 3.37. The third-order valence-electron chi connectivity index (χ3n) is 5.62. The van der Waals surface area contributed by atoms with Gasteiger partial charge in [0, 0.05) is 30.9 Å². The third kappa shape index (κ3) is 2.62. The van der Waals surface area contributed by atoms with Gasteiger partial charge in [0.2, 0.25) is 0 Å². The van der Waals surface area contributed by atoms with Crippen LogP contribution in [0.1, 0.15) is 22.3 Å². The van der Waals surface area contributed by atoms with Crippen molar-refractivity contribution in [1.82, 2.24) is 0 Å². The Labute approximate surface area is 166 Å². The van der Waals surface area contributed by atoms with Crippen molar-refractivity contribution in [1.29, 1.82) is 0 Å². The van der Waals surface area contributed by atoms with Crippen LogP contribution >= 0.6 is 37.7 Å². The molecule has 0 saturated carbocycles. The van der Waals surface area contributed by atoms with Gasteiger partial charge in [-0.25, -0.2) is 0 Å². The van der Waals surface area contributed by atoms with Crippen LogP contribution < -0.4 is 0 Å². The smallest absolute Gasteiger partial charge is 0.0385 e. The molecule has 0 bridgehead atoms. The minimum atomic E-state index is -0.276. The zero-order valence-corrected chi connectivity index (χ0v) is 19.6. The van der Waals surface area contributed by atoms with E-state index in [0.717, 1.165) is 0 Å². The summed E-state index contributed by atoms with van der Waals surface area (Å²) >= 11 is 3.77. The highest BCUT2D eigenvalue weighted by Crippen LogP contribution is 2.62. The SMILES string of the molecule is Cc1c(C)c(-c2c(C)c(C)c(-c3cccs3)p2C)p(C)c1-c1cccs1. The lowest BCUT2D eigenvalue weighted by Gasteiger charge is -2.08. The summed E-state index contributed by atoms with van der Waals surface area (Å²) in [4.78, 5) is 2.93. The lowest BCUT2D eigenvalue weighted by atomic mass is 10.1. The zero-order chi connectivity index (χ0) is 18.6. The third-order valence-corrected chi connectivity index (χ3v) is 12.8. The summed E-state index contributed by atoms with van der Waals surface area (Å²) in [5.41, 5.74) is 6.10. The predicted molar refractivity (Wildman–Crippen MR) is 125 cm³/mol. The molecule has 4 aromatic heterocycles.